The fourth-order valence-electron chi connectivity index (χ4n) is 2.07. The van der Waals surface area contributed by atoms with Gasteiger partial charge in [0.1, 0.15) is 0 Å². The summed E-state index contributed by atoms with van der Waals surface area (Å²) in [7, 11) is 2.27. The van der Waals surface area contributed by atoms with E-state index in [0.29, 0.717) is 0 Å². The molecule has 1 saturated heterocycles. The standard InChI is InChI=1S/C9H19N/c1-4-8-6-7-9(5-2)10(8)3/h8-9H,4-7H2,1-3H3/t8-,9-/m0/s1. The van der Waals surface area contributed by atoms with Gasteiger partial charge in [-0.15, -0.1) is 0 Å². The molecule has 1 aliphatic heterocycles. The van der Waals surface area contributed by atoms with Crippen molar-refractivity contribution in [1.29, 1.82) is 0 Å². The monoisotopic (exact) mass is 141 g/mol. The molecule has 60 valence electrons. The van der Waals surface area contributed by atoms with Crippen LogP contribution in [0.5, 0.6) is 0 Å². The molecule has 0 amide bonds. The van der Waals surface area contributed by atoms with Crippen molar-refractivity contribution in [3.8, 4) is 0 Å². The number of rotatable bonds is 2. The highest BCUT2D eigenvalue weighted by Gasteiger charge is 2.26. The van der Waals surface area contributed by atoms with E-state index in [-0.39, 0.29) is 0 Å². The van der Waals surface area contributed by atoms with Crippen molar-refractivity contribution in [2.75, 3.05) is 7.05 Å². The van der Waals surface area contributed by atoms with Crippen LogP contribution in [-0.4, -0.2) is 24.0 Å². The molecule has 0 unspecified atom stereocenters. The Morgan fingerprint density at radius 1 is 1.10 bits per heavy atom. The van der Waals surface area contributed by atoms with Crippen molar-refractivity contribution in [3.63, 3.8) is 0 Å². The zero-order valence-corrected chi connectivity index (χ0v) is 7.43. The molecule has 1 heteroatoms. The van der Waals surface area contributed by atoms with Crippen LogP contribution in [0.1, 0.15) is 39.5 Å². The number of hydrogen-bond acceptors (Lipinski definition) is 1. The molecule has 0 bridgehead atoms. The average molecular weight is 141 g/mol. The van der Waals surface area contributed by atoms with Crippen LogP contribution in [0.4, 0.5) is 0 Å². The largest absolute Gasteiger partial charge is 0.300 e. The fraction of sp³-hybridized carbons (Fsp3) is 1.00. The predicted molar refractivity (Wildman–Crippen MR) is 45.2 cm³/mol. The molecule has 1 rings (SSSR count). The Morgan fingerprint density at radius 2 is 1.50 bits per heavy atom. The predicted octanol–water partition coefficient (Wildman–Crippen LogP) is 2.27. The molecule has 1 fully saturated rings. The van der Waals surface area contributed by atoms with Gasteiger partial charge in [-0.05, 0) is 32.7 Å². The van der Waals surface area contributed by atoms with Gasteiger partial charge in [-0.1, -0.05) is 13.8 Å². The second-order valence-electron chi connectivity index (χ2n) is 3.37. The van der Waals surface area contributed by atoms with Crippen molar-refractivity contribution in [1.82, 2.24) is 4.90 Å². The highest BCUT2D eigenvalue weighted by atomic mass is 15.2. The van der Waals surface area contributed by atoms with E-state index in [1.54, 1.807) is 0 Å². The summed E-state index contributed by atoms with van der Waals surface area (Å²) in [4.78, 5) is 2.56. The summed E-state index contributed by atoms with van der Waals surface area (Å²) < 4.78 is 0. The van der Waals surface area contributed by atoms with E-state index in [1.165, 1.54) is 25.7 Å². The summed E-state index contributed by atoms with van der Waals surface area (Å²) in [5.74, 6) is 0. The van der Waals surface area contributed by atoms with Crippen LogP contribution >= 0.6 is 0 Å². The first kappa shape index (κ1) is 8.06. The fourth-order valence-corrected chi connectivity index (χ4v) is 2.07. The lowest BCUT2D eigenvalue weighted by Gasteiger charge is -2.23. The highest BCUT2D eigenvalue weighted by Crippen LogP contribution is 2.25. The Balaban J connectivity index is 2.41. The van der Waals surface area contributed by atoms with Crippen LogP contribution in [-0.2, 0) is 0 Å². The normalized spacial score (nSPS) is 35.1. The van der Waals surface area contributed by atoms with Crippen LogP contribution in [0.2, 0.25) is 0 Å². The molecule has 0 spiro atoms. The summed E-state index contributed by atoms with van der Waals surface area (Å²) >= 11 is 0. The molecule has 0 N–H and O–H groups in total. The maximum atomic E-state index is 2.56. The third kappa shape index (κ3) is 1.34. The van der Waals surface area contributed by atoms with E-state index in [9.17, 15) is 0 Å². The first-order valence-corrected chi connectivity index (χ1v) is 4.51. The summed E-state index contributed by atoms with van der Waals surface area (Å²) in [6.07, 6.45) is 5.50. The Bertz CT molecular complexity index is 88.9. The summed E-state index contributed by atoms with van der Waals surface area (Å²) in [6.45, 7) is 4.58. The second-order valence-corrected chi connectivity index (χ2v) is 3.37. The molecule has 1 nitrogen and oxygen atoms in total. The minimum atomic E-state index is 0.880. The van der Waals surface area contributed by atoms with Crippen molar-refractivity contribution >= 4 is 0 Å². The Labute approximate surface area is 64.4 Å². The van der Waals surface area contributed by atoms with Gasteiger partial charge >= 0.3 is 0 Å². The topological polar surface area (TPSA) is 3.24 Å². The van der Waals surface area contributed by atoms with Crippen LogP contribution in [0.15, 0.2) is 0 Å². The first-order valence-electron chi connectivity index (χ1n) is 4.51. The van der Waals surface area contributed by atoms with E-state index in [4.69, 9.17) is 0 Å². The Hall–Kier alpha value is -0.0400. The highest BCUT2D eigenvalue weighted by molar-refractivity contribution is 4.83. The molecule has 0 saturated carbocycles. The van der Waals surface area contributed by atoms with Gasteiger partial charge in [-0.2, -0.15) is 0 Å². The average Bonchev–Trinajstić information content (AvgIpc) is 2.30. The minimum Gasteiger partial charge on any atom is -0.300 e. The maximum Gasteiger partial charge on any atom is 0.00930 e. The smallest absolute Gasteiger partial charge is 0.00930 e. The molecular formula is C9H19N. The minimum absolute atomic E-state index is 0.880. The summed E-state index contributed by atoms with van der Waals surface area (Å²) in [5.41, 5.74) is 0. The van der Waals surface area contributed by atoms with Crippen molar-refractivity contribution in [2.24, 2.45) is 0 Å². The third-order valence-electron chi connectivity index (χ3n) is 2.93. The molecule has 10 heavy (non-hydrogen) atoms. The lowest BCUT2D eigenvalue weighted by atomic mass is 10.1. The van der Waals surface area contributed by atoms with Gasteiger partial charge in [0.15, 0.2) is 0 Å². The van der Waals surface area contributed by atoms with Gasteiger partial charge in [0.2, 0.25) is 0 Å². The molecule has 1 aliphatic rings. The molecule has 0 radical (unpaired) electrons. The van der Waals surface area contributed by atoms with Crippen LogP contribution < -0.4 is 0 Å². The van der Waals surface area contributed by atoms with Crippen molar-refractivity contribution < 1.29 is 0 Å². The Morgan fingerprint density at radius 3 is 1.70 bits per heavy atom. The maximum absolute atomic E-state index is 2.56. The van der Waals surface area contributed by atoms with E-state index in [1.807, 2.05) is 0 Å². The van der Waals surface area contributed by atoms with Crippen LogP contribution in [0.25, 0.3) is 0 Å². The molecule has 0 aliphatic carbocycles. The third-order valence-corrected chi connectivity index (χ3v) is 2.93. The second kappa shape index (κ2) is 3.38. The summed E-state index contributed by atoms with van der Waals surface area (Å²) in [5, 5.41) is 0. The van der Waals surface area contributed by atoms with Crippen LogP contribution in [0, 0.1) is 0 Å². The van der Waals surface area contributed by atoms with E-state index in [0.717, 1.165) is 12.1 Å². The van der Waals surface area contributed by atoms with Gasteiger partial charge in [0, 0.05) is 12.1 Å². The lowest BCUT2D eigenvalue weighted by molar-refractivity contribution is 0.231. The first-order chi connectivity index (χ1) is 4.79. The molecule has 0 aromatic heterocycles. The molecule has 2 atom stereocenters. The van der Waals surface area contributed by atoms with Gasteiger partial charge in [-0.25, -0.2) is 0 Å². The molecule has 0 aromatic carbocycles. The van der Waals surface area contributed by atoms with Gasteiger partial charge in [0.05, 0.1) is 0 Å². The van der Waals surface area contributed by atoms with Gasteiger partial charge in [-0.3, -0.25) is 0 Å². The Kier molecular flexibility index (Phi) is 2.72. The van der Waals surface area contributed by atoms with Gasteiger partial charge < -0.3 is 4.90 Å². The summed E-state index contributed by atoms with van der Waals surface area (Å²) in [6, 6.07) is 1.76. The molecule has 0 aromatic rings. The number of nitrogens with zero attached hydrogens (tertiary/aromatic N) is 1. The van der Waals surface area contributed by atoms with Crippen molar-refractivity contribution in [3.05, 3.63) is 0 Å². The van der Waals surface area contributed by atoms with E-state index in [2.05, 4.69) is 25.8 Å². The molecule has 1 heterocycles. The zero-order valence-electron chi connectivity index (χ0n) is 7.43. The van der Waals surface area contributed by atoms with Crippen molar-refractivity contribution in [2.45, 2.75) is 51.6 Å². The van der Waals surface area contributed by atoms with E-state index >= 15 is 0 Å². The lowest BCUT2D eigenvalue weighted by Crippen LogP contribution is -2.31. The van der Waals surface area contributed by atoms with Gasteiger partial charge in [0.25, 0.3) is 0 Å². The number of hydrogen-bond donors (Lipinski definition) is 0. The molecular weight excluding hydrogens is 122 g/mol. The quantitative estimate of drug-likeness (QED) is 0.570. The zero-order chi connectivity index (χ0) is 7.56. The van der Waals surface area contributed by atoms with E-state index < -0.39 is 0 Å². The van der Waals surface area contributed by atoms with Crippen LogP contribution in [0.3, 0.4) is 0 Å². The number of likely N-dealkylation sites (tertiary alicyclic amines) is 1. The SMILES string of the molecule is CC[C@H]1CC[C@H](CC)N1C.